The minimum Gasteiger partial charge on any atom is -0.742 e. The molecule has 7 heteroatoms. The molecular formula is C6H13NaO4SSi. The maximum absolute atomic E-state index is 10.6. The van der Waals surface area contributed by atoms with Crippen LogP contribution in [0.5, 0.6) is 0 Å². The smallest absolute Gasteiger partial charge is 0.742 e. The average Bonchev–Trinajstić information content (AvgIpc) is 1.78. The minimum atomic E-state index is -4.69. The molecule has 0 radical (unpaired) electrons. The Morgan fingerprint density at radius 1 is 1.31 bits per heavy atom. The molecule has 0 heterocycles. The van der Waals surface area contributed by atoms with E-state index in [9.17, 15) is 17.8 Å². The predicted octanol–water partition coefficient (Wildman–Crippen LogP) is -2.21. The van der Waals surface area contributed by atoms with E-state index < -0.39 is 23.3 Å². The van der Waals surface area contributed by atoms with Crippen molar-refractivity contribution < 1.29 is 47.3 Å². The van der Waals surface area contributed by atoms with Crippen LogP contribution < -0.4 is 29.6 Å². The summed E-state index contributed by atoms with van der Waals surface area (Å²) in [6.07, 6.45) is -0.123. The molecule has 0 fully saturated rings. The maximum Gasteiger partial charge on any atom is 1.00 e. The van der Waals surface area contributed by atoms with E-state index in [2.05, 4.69) is 0 Å². The molecule has 0 bridgehead atoms. The van der Waals surface area contributed by atoms with Crippen molar-refractivity contribution in [3.63, 3.8) is 0 Å². The van der Waals surface area contributed by atoms with Gasteiger partial charge in [-0.2, -0.15) is 0 Å². The molecule has 0 amide bonds. The van der Waals surface area contributed by atoms with Gasteiger partial charge < -0.3 is 4.55 Å². The Kier molecular flexibility index (Phi) is 7.02. The molecule has 0 atom stereocenters. The van der Waals surface area contributed by atoms with E-state index >= 15 is 0 Å². The van der Waals surface area contributed by atoms with E-state index in [1.165, 1.54) is 0 Å². The molecule has 0 spiro atoms. The van der Waals surface area contributed by atoms with Gasteiger partial charge in [0, 0.05) is 14.5 Å². The minimum absolute atomic E-state index is 0. The molecule has 0 aliphatic heterocycles. The molecule has 0 aliphatic rings. The monoisotopic (exact) mass is 232 g/mol. The van der Waals surface area contributed by atoms with Crippen molar-refractivity contribution in [3.8, 4) is 0 Å². The summed E-state index contributed by atoms with van der Waals surface area (Å²) in [6.45, 7) is 6.03. The van der Waals surface area contributed by atoms with E-state index in [1.54, 1.807) is 0 Å². The van der Waals surface area contributed by atoms with Gasteiger partial charge in [0.15, 0.2) is 10.1 Å². The first-order valence-corrected chi connectivity index (χ1v) is 8.73. The van der Waals surface area contributed by atoms with E-state index in [0.717, 1.165) is 0 Å². The number of hydrogen-bond acceptors (Lipinski definition) is 4. The Labute approximate surface area is 102 Å². The van der Waals surface area contributed by atoms with E-state index in [1.807, 2.05) is 19.6 Å². The molecule has 0 saturated heterocycles. The molecule has 0 unspecified atom stereocenters. The van der Waals surface area contributed by atoms with Crippen LogP contribution in [0, 0.1) is 0 Å². The zero-order valence-corrected chi connectivity index (χ0v) is 12.3. The van der Waals surface area contributed by atoms with Gasteiger partial charge in [0.1, 0.15) is 0 Å². The van der Waals surface area contributed by atoms with Crippen LogP contribution in [-0.2, 0) is 14.9 Å². The van der Waals surface area contributed by atoms with Crippen molar-refractivity contribution in [2.45, 2.75) is 32.1 Å². The number of carbonyl (C=O) groups excluding carboxylic acids is 1. The van der Waals surface area contributed by atoms with Crippen molar-refractivity contribution in [3.05, 3.63) is 0 Å². The molecular weight excluding hydrogens is 219 g/mol. The van der Waals surface area contributed by atoms with Crippen LogP contribution in [0.25, 0.3) is 0 Å². The SMILES string of the molecule is C[Si](C)(C)CCC(=O)S(=O)(=O)[O-].[Na+]. The first-order chi connectivity index (χ1) is 5.13. The van der Waals surface area contributed by atoms with Gasteiger partial charge in [-0.25, -0.2) is 8.42 Å². The summed E-state index contributed by atoms with van der Waals surface area (Å²) in [4.78, 5) is 10.6. The predicted molar refractivity (Wildman–Crippen MR) is 47.5 cm³/mol. The third-order valence-corrected chi connectivity index (χ3v) is 3.87. The first kappa shape index (κ1) is 16.2. The van der Waals surface area contributed by atoms with Crippen LogP contribution in [0.2, 0.25) is 25.7 Å². The molecule has 72 valence electrons. The van der Waals surface area contributed by atoms with Crippen molar-refractivity contribution in [1.29, 1.82) is 0 Å². The van der Waals surface area contributed by atoms with Gasteiger partial charge >= 0.3 is 29.6 Å². The Morgan fingerprint density at radius 3 is 1.92 bits per heavy atom. The normalized spacial score (nSPS) is 12.0. The summed E-state index contributed by atoms with van der Waals surface area (Å²) in [6, 6.07) is 0.549. The Morgan fingerprint density at radius 2 is 1.69 bits per heavy atom. The van der Waals surface area contributed by atoms with Crippen molar-refractivity contribution in [1.82, 2.24) is 0 Å². The van der Waals surface area contributed by atoms with E-state index in [-0.39, 0.29) is 36.0 Å². The summed E-state index contributed by atoms with van der Waals surface area (Å²) in [7, 11) is -6.11. The summed E-state index contributed by atoms with van der Waals surface area (Å²) < 4.78 is 30.5. The maximum atomic E-state index is 10.6. The summed E-state index contributed by atoms with van der Waals surface area (Å²) in [5, 5.41) is -1.18. The van der Waals surface area contributed by atoms with Gasteiger partial charge in [0.2, 0.25) is 5.12 Å². The van der Waals surface area contributed by atoms with Crippen molar-refractivity contribution >= 4 is 23.3 Å². The Bertz CT molecular complexity index is 267. The second-order valence-corrected chi connectivity index (χ2v) is 10.9. The summed E-state index contributed by atoms with van der Waals surface area (Å²) in [5.41, 5.74) is 0. The fraction of sp³-hybridized carbons (Fsp3) is 0.833. The standard InChI is InChI=1S/C6H14O4SSi.Na/c1-12(2,3)5-4-6(7)11(8,9)10;/h4-5H2,1-3H3,(H,8,9,10);/q;+1/p-1. The largest absolute Gasteiger partial charge is 1.00 e. The average molecular weight is 232 g/mol. The number of carbonyl (C=O) groups is 1. The quantitative estimate of drug-likeness (QED) is 0.408. The Hall–Kier alpha value is 0.797. The van der Waals surface area contributed by atoms with Crippen molar-refractivity contribution in [2.75, 3.05) is 0 Å². The third-order valence-electron chi connectivity index (χ3n) is 1.36. The van der Waals surface area contributed by atoms with E-state index in [0.29, 0.717) is 6.04 Å². The third kappa shape index (κ3) is 9.11. The zero-order valence-electron chi connectivity index (χ0n) is 8.46. The second-order valence-electron chi connectivity index (χ2n) is 3.89. The zero-order chi connectivity index (χ0) is 9.99. The van der Waals surface area contributed by atoms with Crippen LogP contribution in [0.3, 0.4) is 0 Å². The van der Waals surface area contributed by atoms with Crippen LogP contribution >= 0.6 is 0 Å². The summed E-state index contributed by atoms with van der Waals surface area (Å²) in [5.74, 6) is 0. The molecule has 0 aromatic carbocycles. The van der Waals surface area contributed by atoms with Crippen LogP contribution in [-0.4, -0.2) is 26.2 Å². The molecule has 4 nitrogen and oxygen atoms in total. The number of hydrogen-bond donors (Lipinski definition) is 0. The molecule has 0 rings (SSSR count). The molecule has 0 N–H and O–H groups in total. The van der Waals surface area contributed by atoms with Crippen LogP contribution in [0.4, 0.5) is 0 Å². The van der Waals surface area contributed by atoms with Gasteiger partial charge in [-0.1, -0.05) is 19.6 Å². The van der Waals surface area contributed by atoms with Crippen LogP contribution in [0.15, 0.2) is 0 Å². The Balaban J connectivity index is 0. The fourth-order valence-electron chi connectivity index (χ4n) is 0.602. The molecule has 0 aromatic heterocycles. The second kappa shape index (κ2) is 5.62. The molecule has 0 aromatic rings. The van der Waals surface area contributed by atoms with Crippen molar-refractivity contribution in [2.24, 2.45) is 0 Å². The fourth-order valence-corrected chi connectivity index (χ4v) is 2.11. The van der Waals surface area contributed by atoms with Gasteiger partial charge in [-0.15, -0.1) is 0 Å². The van der Waals surface area contributed by atoms with Crippen LogP contribution in [0.1, 0.15) is 6.42 Å². The summed E-state index contributed by atoms with van der Waals surface area (Å²) >= 11 is 0. The van der Waals surface area contributed by atoms with Gasteiger partial charge in [0.25, 0.3) is 0 Å². The van der Waals surface area contributed by atoms with Gasteiger partial charge in [-0.05, 0) is 6.04 Å². The van der Waals surface area contributed by atoms with Gasteiger partial charge in [0.05, 0.1) is 0 Å². The van der Waals surface area contributed by atoms with Gasteiger partial charge in [-0.3, -0.25) is 4.79 Å². The molecule has 13 heavy (non-hydrogen) atoms. The topological polar surface area (TPSA) is 74.3 Å². The number of rotatable bonds is 3. The first-order valence-electron chi connectivity index (χ1n) is 3.62. The molecule has 0 saturated carbocycles. The van der Waals surface area contributed by atoms with E-state index in [4.69, 9.17) is 0 Å². The molecule has 0 aliphatic carbocycles.